The molecule has 0 saturated carbocycles. The lowest BCUT2D eigenvalue weighted by Gasteiger charge is -2.20. The fourth-order valence-corrected chi connectivity index (χ4v) is 2.83. The van der Waals surface area contributed by atoms with Crippen LogP contribution in [0.5, 0.6) is 5.75 Å². The minimum atomic E-state index is -0.812. The molecular weight excluding hydrogens is 428 g/mol. The van der Waals surface area contributed by atoms with E-state index in [9.17, 15) is 24.0 Å². The van der Waals surface area contributed by atoms with Gasteiger partial charge in [-0.15, -0.1) is 0 Å². The van der Waals surface area contributed by atoms with Gasteiger partial charge in [-0.2, -0.15) is 0 Å². The fraction of sp³-hybridized carbons (Fsp3) is 0.478. The molecule has 0 heterocycles. The van der Waals surface area contributed by atoms with Crippen LogP contribution in [0.25, 0.3) is 0 Å². The summed E-state index contributed by atoms with van der Waals surface area (Å²) in [4.78, 5) is 62.5. The summed E-state index contributed by atoms with van der Waals surface area (Å²) in [6.07, 6.45) is 1.28. The highest BCUT2D eigenvalue weighted by Crippen LogP contribution is 2.13. The number of aliphatic imine (C=N–C) groups is 1. The van der Waals surface area contributed by atoms with Crippen molar-refractivity contribution < 1.29 is 28.7 Å². The molecule has 1 aromatic carbocycles. The van der Waals surface area contributed by atoms with Crippen LogP contribution in [0.3, 0.4) is 0 Å². The number of carbonyl (C=O) groups is 5. The second-order valence-corrected chi connectivity index (χ2v) is 7.82. The Morgan fingerprint density at radius 1 is 1.06 bits per heavy atom. The third kappa shape index (κ3) is 11.0. The van der Waals surface area contributed by atoms with Gasteiger partial charge >= 0.3 is 0 Å². The molecule has 33 heavy (non-hydrogen) atoms. The number of nitrogens with zero attached hydrogens (tertiary/aromatic N) is 1. The summed E-state index contributed by atoms with van der Waals surface area (Å²) in [5.74, 6) is -1.02. The minimum Gasteiger partial charge on any atom is -0.486 e. The molecule has 0 fully saturated rings. The van der Waals surface area contributed by atoms with Crippen molar-refractivity contribution in [1.82, 2.24) is 16.0 Å². The normalized spacial score (nSPS) is 12.0. The van der Waals surface area contributed by atoms with E-state index in [1.165, 1.54) is 14.0 Å². The molecule has 1 aromatic rings. The number of ether oxygens (including phenoxy) is 1. The van der Waals surface area contributed by atoms with Crippen molar-refractivity contribution in [2.45, 2.75) is 39.7 Å². The van der Waals surface area contributed by atoms with Crippen molar-refractivity contribution in [3.8, 4) is 5.75 Å². The highest BCUT2D eigenvalue weighted by molar-refractivity contribution is 6.39. The highest BCUT2D eigenvalue weighted by Gasteiger charge is 2.22. The van der Waals surface area contributed by atoms with Gasteiger partial charge in [0.25, 0.3) is 5.91 Å². The van der Waals surface area contributed by atoms with Gasteiger partial charge in [-0.05, 0) is 37.0 Å². The second-order valence-electron chi connectivity index (χ2n) is 7.82. The van der Waals surface area contributed by atoms with Gasteiger partial charge in [0.1, 0.15) is 29.9 Å². The molecule has 0 saturated heterocycles. The Balaban J connectivity index is 2.62. The summed E-state index contributed by atoms with van der Waals surface area (Å²) >= 11 is 0. The van der Waals surface area contributed by atoms with Crippen LogP contribution in [0.4, 0.5) is 0 Å². The summed E-state index contributed by atoms with van der Waals surface area (Å²) in [5.41, 5.74) is 1.02. The van der Waals surface area contributed by atoms with Crippen LogP contribution in [0, 0.1) is 5.92 Å². The summed E-state index contributed by atoms with van der Waals surface area (Å²) in [5, 5.41) is 7.60. The molecule has 0 aliphatic heterocycles. The predicted molar refractivity (Wildman–Crippen MR) is 123 cm³/mol. The van der Waals surface area contributed by atoms with Gasteiger partial charge in [-0.25, -0.2) is 0 Å². The summed E-state index contributed by atoms with van der Waals surface area (Å²) in [6.45, 7) is 4.69. The van der Waals surface area contributed by atoms with E-state index >= 15 is 0 Å². The van der Waals surface area contributed by atoms with Gasteiger partial charge in [0, 0.05) is 13.5 Å². The number of ketones is 1. The van der Waals surface area contributed by atoms with E-state index in [0.717, 1.165) is 5.56 Å². The van der Waals surface area contributed by atoms with Crippen LogP contribution in [-0.4, -0.2) is 68.3 Å². The van der Waals surface area contributed by atoms with Crippen LogP contribution in [-0.2, 0) is 30.4 Å². The Kier molecular flexibility index (Phi) is 12.1. The van der Waals surface area contributed by atoms with Gasteiger partial charge in [0.05, 0.1) is 13.1 Å². The number of aldehydes is 1. The maximum absolute atomic E-state index is 12.5. The quantitative estimate of drug-likeness (QED) is 0.268. The second kappa shape index (κ2) is 14.5. The van der Waals surface area contributed by atoms with E-state index in [1.807, 2.05) is 13.8 Å². The monoisotopic (exact) mass is 460 g/mol. The van der Waals surface area contributed by atoms with Gasteiger partial charge in [-0.1, -0.05) is 26.0 Å². The van der Waals surface area contributed by atoms with Gasteiger partial charge in [-0.3, -0.25) is 29.0 Å². The van der Waals surface area contributed by atoms with E-state index in [4.69, 9.17) is 4.74 Å². The molecule has 0 spiro atoms. The Labute approximate surface area is 193 Å². The van der Waals surface area contributed by atoms with Gasteiger partial charge < -0.3 is 20.7 Å². The first-order chi connectivity index (χ1) is 15.7. The summed E-state index contributed by atoms with van der Waals surface area (Å²) in [7, 11) is 1.48. The molecule has 1 unspecified atom stereocenters. The number of nitrogens with one attached hydrogen (secondary N) is 3. The molecule has 0 radical (unpaired) electrons. The van der Waals surface area contributed by atoms with Crippen molar-refractivity contribution in [3.05, 3.63) is 29.8 Å². The standard InChI is InChI=1S/C23H32N4O6/c1-15(2)11-20(23(32)25-13-16(3)29)27-21(30)14-26-22(31)19(24-4)12-17-5-7-18(8-6-17)33-10-9-28/h5-9,15,20H,10-14H2,1-4H3,(H,25,32)(H,26,31)(H,27,30). The minimum absolute atomic E-state index is 0.0398. The molecule has 1 rings (SSSR count). The fourth-order valence-electron chi connectivity index (χ4n) is 2.83. The van der Waals surface area contributed by atoms with E-state index in [0.29, 0.717) is 18.5 Å². The van der Waals surface area contributed by atoms with Crippen molar-refractivity contribution in [3.63, 3.8) is 0 Å². The van der Waals surface area contributed by atoms with Crippen LogP contribution in [0.2, 0.25) is 0 Å². The molecule has 3 N–H and O–H groups in total. The highest BCUT2D eigenvalue weighted by atomic mass is 16.5. The zero-order valence-electron chi connectivity index (χ0n) is 19.5. The summed E-state index contributed by atoms with van der Waals surface area (Å²) < 4.78 is 5.19. The largest absolute Gasteiger partial charge is 0.486 e. The van der Waals surface area contributed by atoms with Crippen molar-refractivity contribution >= 4 is 35.5 Å². The maximum Gasteiger partial charge on any atom is 0.265 e. The molecule has 0 aromatic heterocycles. The first-order valence-electron chi connectivity index (χ1n) is 10.6. The van der Waals surface area contributed by atoms with Crippen LogP contribution in [0.1, 0.15) is 32.8 Å². The topological polar surface area (TPSA) is 143 Å². The Morgan fingerprint density at radius 3 is 2.27 bits per heavy atom. The van der Waals surface area contributed by atoms with Crippen molar-refractivity contribution in [2.75, 3.05) is 26.7 Å². The first kappa shape index (κ1) is 27.5. The molecule has 3 amide bonds. The van der Waals surface area contributed by atoms with Crippen LogP contribution in [0.15, 0.2) is 29.3 Å². The number of amides is 3. The number of Topliss-reactive ketones (excluding diaryl/α,β-unsaturated/α-hetero) is 1. The Hall–Kier alpha value is -3.56. The Bertz CT molecular complexity index is 864. The zero-order chi connectivity index (χ0) is 24.8. The zero-order valence-corrected chi connectivity index (χ0v) is 19.5. The van der Waals surface area contributed by atoms with E-state index < -0.39 is 23.8 Å². The number of hydrogen-bond donors (Lipinski definition) is 3. The van der Waals surface area contributed by atoms with Gasteiger partial charge in [0.2, 0.25) is 11.8 Å². The maximum atomic E-state index is 12.5. The van der Waals surface area contributed by atoms with Crippen LogP contribution < -0.4 is 20.7 Å². The molecule has 0 bridgehead atoms. The van der Waals surface area contributed by atoms with E-state index in [-0.39, 0.29) is 43.5 Å². The lowest BCUT2D eigenvalue weighted by Crippen LogP contribution is -2.51. The molecule has 0 aliphatic carbocycles. The third-order valence-corrected chi connectivity index (χ3v) is 4.42. The molecule has 10 heteroatoms. The lowest BCUT2D eigenvalue weighted by atomic mass is 10.0. The SMILES string of the molecule is CN=C(Cc1ccc(OCC=O)cc1)C(=O)NCC(=O)NC(CC(C)C)C(=O)NCC(C)=O. The average molecular weight is 461 g/mol. The average Bonchev–Trinajstić information content (AvgIpc) is 2.78. The predicted octanol–water partition coefficient (Wildman–Crippen LogP) is 0.230. The number of carbonyl (C=O) groups excluding carboxylic acids is 5. The summed E-state index contributed by atoms with van der Waals surface area (Å²) in [6, 6.07) is 6.06. The number of hydrogen-bond acceptors (Lipinski definition) is 7. The molecule has 180 valence electrons. The molecular formula is C23H32N4O6. The molecule has 0 aliphatic rings. The van der Waals surface area contributed by atoms with E-state index in [2.05, 4.69) is 20.9 Å². The molecule has 10 nitrogen and oxygen atoms in total. The first-order valence-corrected chi connectivity index (χ1v) is 10.6. The lowest BCUT2D eigenvalue weighted by molar-refractivity contribution is -0.130. The Morgan fingerprint density at radius 2 is 1.73 bits per heavy atom. The third-order valence-electron chi connectivity index (χ3n) is 4.42. The smallest absolute Gasteiger partial charge is 0.265 e. The van der Waals surface area contributed by atoms with Gasteiger partial charge in [0.15, 0.2) is 6.29 Å². The van der Waals surface area contributed by atoms with Crippen molar-refractivity contribution in [2.24, 2.45) is 10.9 Å². The van der Waals surface area contributed by atoms with Crippen molar-refractivity contribution in [1.29, 1.82) is 0 Å². The number of rotatable bonds is 14. The van der Waals surface area contributed by atoms with E-state index in [1.54, 1.807) is 24.3 Å². The number of benzene rings is 1. The van der Waals surface area contributed by atoms with Crippen LogP contribution >= 0.6 is 0 Å². The molecule has 1 atom stereocenters.